The summed E-state index contributed by atoms with van der Waals surface area (Å²) in [6, 6.07) is 0. The fourth-order valence-corrected chi connectivity index (χ4v) is 1.75. The lowest BCUT2D eigenvalue weighted by Gasteiger charge is -2.03. The number of nitrogens with one attached hydrogen (secondary N) is 1. The summed E-state index contributed by atoms with van der Waals surface area (Å²) in [5.74, 6) is -0.262. The number of unbranched alkanes of at least 4 members (excludes halogenated alkanes) is 6. The Balaban J connectivity index is 3.52. The first kappa shape index (κ1) is 16.6. The Morgan fingerprint density at radius 1 is 1.06 bits per heavy atom. The van der Waals surface area contributed by atoms with Gasteiger partial charge >= 0.3 is 0 Å². The van der Waals surface area contributed by atoms with Crippen molar-refractivity contribution >= 4 is 17.2 Å². The van der Waals surface area contributed by atoms with Crippen molar-refractivity contribution in [2.45, 2.75) is 65.2 Å². The number of thiocarbonyl (C=S) groups is 1. The van der Waals surface area contributed by atoms with Crippen molar-refractivity contribution in [3.63, 3.8) is 0 Å². The first-order valence-electron chi connectivity index (χ1n) is 6.86. The molecule has 0 amide bonds. The maximum Gasteiger partial charge on any atom is 0.153 e. The molecule has 0 bridgehead atoms. The lowest BCUT2D eigenvalue weighted by molar-refractivity contribution is 0.605. The van der Waals surface area contributed by atoms with Crippen LogP contribution < -0.4 is 5.32 Å². The molecular weight excluding hydrogens is 233 g/mol. The number of allylic oxidation sites excluding steroid dienone is 1. The highest BCUT2D eigenvalue weighted by molar-refractivity contribution is 7.80. The molecule has 0 aromatic rings. The Morgan fingerprint density at radius 2 is 1.71 bits per heavy atom. The van der Waals surface area contributed by atoms with E-state index in [0.29, 0.717) is 0 Å². The van der Waals surface area contributed by atoms with Crippen LogP contribution in [0, 0.1) is 0 Å². The molecule has 0 heterocycles. The molecule has 100 valence electrons. The lowest BCUT2D eigenvalue weighted by atomic mass is 10.1. The normalized spacial score (nSPS) is 11.6. The second kappa shape index (κ2) is 12.0. The molecule has 3 heteroatoms. The van der Waals surface area contributed by atoms with Crippen molar-refractivity contribution in [3.8, 4) is 0 Å². The molecule has 0 saturated carbocycles. The molecule has 0 spiro atoms. The molecule has 1 N–H and O–H groups in total. The Hall–Kier alpha value is -0.440. The molecule has 0 unspecified atom stereocenters. The van der Waals surface area contributed by atoms with Crippen molar-refractivity contribution in [1.29, 1.82) is 0 Å². The zero-order chi connectivity index (χ0) is 12.9. The molecule has 0 aliphatic rings. The van der Waals surface area contributed by atoms with Gasteiger partial charge in [-0.25, -0.2) is 4.39 Å². The topological polar surface area (TPSA) is 12.0 Å². The van der Waals surface area contributed by atoms with Crippen LogP contribution in [0.5, 0.6) is 0 Å². The average molecular weight is 259 g/mol. The molecule has 0 aliphatic heterocycles. The molecule has 0 aromatic heterocycles. The first-order valence-corrected chi connectivity index (χ1v) is 7.27. The van der Waals surface area contributed by atoms with E-state index in [4.69, 9.17) is 12.2 Å². The van der Waals surface area contributed by atoms with E-state index < -0.39 is 0 Å². The first-order chi connectivity index (χ1) is 8.22. The molecule has 0 aliphatic carbocycles. The van der Waals surface area contributed by atoms with Gasteiger partial charge in [0.1, 0.15) is 4.99 Å². The molecule has 17 heavy (non-hydrogen) atoms. The fourth-order valence-electron chi connectivity index (χ4n) is 1.57. The number of halogens is 1. The second-order valence-corrected chi connectivity index (χ2v) is 4.77. The molecule has 1 nitrogen and oxygen atoms in total. The standard InChI is InChI=1S/C14H26FNS/c1-3-5-6-7-8-9-10-11-13(15)14(17)16-12-4-2/h11H,3-10,12H2,1-2H3,(H,16,17)/b13-11+. The summed E-state index contributed by atoms with van der Waals surface area (Å²) in [6.45, 7) is 4.99. The van der Waals surface area contributed by atoms with Gasteiger partial charge in [-0.15, -0.1) is 0 Å². The minimum Gasteiger partial charge on any atom is -0.374 e. The van der Waals surface area contributed by atoms with Crippen molar-refractivity contribution < 1.29 is 4.39 Å². The maximum absolute atomic E-state index is 13.4. The summed E-state index contributed by atoms with van der Waals surface area (Å²) in [7, 11) is 0. The van der Waals surface area contributed by atoms with E-state index in [9.17, 15) is 4.39 Å². The Kier molecular flexibility index (Phi) is 11.7. The second-order valence-electron chi connectivity index (χ2n) is 4.36. The van der Waals surface area contributed by atoms with Gasteiger partial charge in [0.25, 0.3) is 0 Å². The van der Waals surface area contributed by atoms with Crippen LogP contribution in [0.3, 0.4) is 0 Å². The van der Waals surface area contributed by atoms with Crippen LogP contribution in [0.2, 0.25) is 0 Å². The van der Waals surface area contributed by atoms with Crippen molar-refractivity contribution in [1.82, 2.24) is 5.32 Å². The third-order valence-electron chi connectivity index (χ3n) is 2.63. The summed E-state index contributed by atoms with van der Waals surface area (Å²) < 4.78 is 13.4. The summed E-state index contributed by atoms with van der Waals surface area (Å²) >= 11 is 4.92. The van der Waals surface area contributed by atoms with Gasteiger partial charge in [-0.1, -0.05) is 58.2 Å². The Labute approximate surface area is 111 Å². The van der Waals surface area contributed by atoms with Gasteiger partial charge in [0.15, 0.2) is 5.83 Å². The highest BCUT2D eigenvalue weighted by Crippen LogP contribution is 2.09. The third-order valence-corrected chi connectivity index (χ3v) is 2.97. The zero-order valence-electron chi connectivity index (χ0n) is 11.2. The number of hydrogen-bond donors (Lipinski definition) is 1. The van der Waals surface area contributed by atoms with Crippen LogP contribution in [0.4, 0.5) is 4.39 Å². The number of rotatable bonds is 10. The summed E-state index contributed by atoms with van der Waals surface area (Å²) in [6.07, 6.45) is 10.8. The molecule has 0 rings (SSSR count). The highest BCUT2D eigenvalue weighted by atomic mass is 32.1. The zero-order valence-corrected chi connectivity index (χ0v) is 12.0. The van der Waals surface area contributed by atoms with Crippen LogP contribution in [0.25, 0.3) is 0 Å². The third kappa shape index (κ3) is 10.4. The van der Waals surface area contributed by atoms with E-state index in [1.807, 2.05) is 6.92 Å². The molecule has 0 saturated heterocycles. The van der Waals surface area contributed by atoms with Crippen LogP contribution in [0.1, 0.15) is 65.2 Å². The van der Waals surface area contributed by atoms with Crippen molar-refractivity contribution in [3.05, 3.63) is 11.9 Å². The van der Waals surface area contributed by atoms with Gasteiger partial charge in [-0.05, 0) is 25.3 Å². The molecular formula is C14H26FNS. The summed E-state index contributed by atoms with van der Waals surface area (Å²) in [4.78, 5) is 0.262. The van der Waals surface area contributed by atoms with Gasteiger partial charge in [0, 0.05) is 6.54 Å². The van der Waals surface area contributed by atoms with Crippen LogP contribution in [-0.4, -0.2) is 11.5 Å². The van der Waals surface area contributed by atoms with Gasteiger partial charge in [-0.3, -0.25) is 0 Å². The fraction of sp³-hybridized carbons (Fsp3) is 0.786. The van der Waals surface area contributed by atoms with Crippen molar-refractivity contribution in [2.24, 2.45) is 0 Å². The predicted octanol–water partition coefficient (Wildman–Crippen LogP) is 4.92. The monoisotopic (exact) mass is 259 g/mol. The predicted molar refractivity (Wildman–Crippen MR) is 78.1 cm³/mol. The Morgan fingerprint density at radius 3 is 2.35 bits per heavy atom. The van der Waals surface area contributed by atoms with E-state index in [-0.39, 0.29) is 10.8 Å². The smallest absolute Gasteiger partial charge is 0.153 e. The Bertz CT molecular complexity index is 226. The van der Waals surface area contributed by atoms with Crippen molar-refractivity contribution in [2.75, 3.05) is 6.54 Å². The van der Waals surface area contributed by atoms with Gasteiger partial charge in [0.05, 0.1) is 0 Å². The minimum atomic E-state index is -0.262. The van der Waals surface area contributed by atoms with Crippen LogP contribution in [-0.2, 0) is 0 Å². The molecule has 0 radical (unpaired) electrons. The van der Waals surface area contributed by atoms with E-state index in [2.05, 4.69) is 12.2 Å². The largest absolute Gasteiger partial charge is 0.374 e. The van der Waals surface area contributed by atoms with Gasteiger partial charge < -0.3 is 5.32 Å². The summed E-state index contributed by atoms with van der Waals surface area (Å²) in [5, 5.41) is 2.89. The SMILES string of the molecule is CCCCCCCC/C=C(/F)C(=S)NCCC. The van der Waals surface area contributed by atoms with Crippen LogP contribution in [0.15, 0.2) is 11.9 Å². The lowest BCUT2D eigenvalue weighted by Crippen LogP contribution is -2.22. The molecule has 0 atom stereocenters. The van der Waals surface area contributed by atoms with Gasteiger partial charge in [0.2, 0.25) is 0 Å². The highest BCUT2D eigenvalue weighted by Gasteiger charge is 2.01. The van der Waals surface area contributed by atoms with E-state index >= 15 is 0 Å². The van der Waals surface area contributed by atoms with Crippen LogP contribution >= 0.6 is 12.2 Å². The van der Waals surface area contributed by atoms with E-state index in [0.717, 1.165) is 25.8 Å². The van der Waals surface area contributed by atoms with E-state index in [1.165, 1.54) is 32.1 Å². The molecule has 0 fully saturated rings. The summed E-state index contributed by atoms with van der Waals surface area (Å²) in [5.41, 5.74) is 0. The number of hydrogen-bond acceptors (Lipinski definition) is 1. The average Bonchev–Trinajstić information content (AvgIpc) is 2.34. The molecule has 0 aromatic carbocycles. The quantitative estimate of drug-likeness (QED) is 0.339. The van der Waals surface area contributed by atoms with Gasteiger partial charge in [-0.2, -0.15) is 0 Å². The van der Waals surface area contributed by atoms with E-state index in [1.54, 1.807) is 6.08 Å². The minimum absolute atomic E-state index is 0.262. The maximum atomic E-state index is 13.4.